The van der Waals surface area contributed by atoms with Crippen molar-refractivity contribution in [1.82, 2.24) is 5.43 Å². The average Bonchev–Trinajstić information content (AvgIpc) is 1.86. The number of hydrogen-bond acceptors (Lipinski definition) is 3. The summed E-state index contributed by atoms with van der Waals surface area (Å²) < 4.78 is 0. The van der Waals surface area contributed by atoms with Crippen LogP contribution in [-0.2, 0) is 0 Å². The van der Waals surface area contributed by atoms with Gasteiger partial charge in [0, 0.05) is 0 Å². The van der Waals surface area contributed by atoms with E-state index in [2.05, 4.69) is 15.8 Å². The van der Waals surface area contributed by atoms with E-state index in [9.17, 15) is 0 Å². The Morgan fingerprint density at radius 1 is 1.20 bits per heavy atom. The molecule has 0 amide bonds. The van der Waals surface area contributed by atoms with E-state index in [1.54, 1.807) is 0 Å². The van der Waals surface area contributed by atoms with Crippen molar-refractivity contribution in [2.75, 3.05) is 0 Å². The van der Waals surface area contributed by atoms with Gasteiger partial charge < -0.3 is 0 Å². The second-order valence-electron chi connectivity index (χ2n) is 2.16. The van der Waals surface area contributed by atoms with Gasteiger partial charge in [0.05, 0.1) is 0 Å². The van der Waals surface area contributed by atoms with Gasteiger partial charge in [0.1, 0.15) is 0 Å². The topological polar surface area (TPSA) is 36.8 Å². The molecule has 1 aromatic rings. The minimum Gasteiger partial charge on any atom is -0.261 e. The van der Waals surface area contributed by atoms with Crippen LogP contribution in [0.3, 0.4) is 0 Å². The Kier molecular flexibility index (Phi) is 1.13. The molecule has 1 N–H and O–H groups in total. The molecule has 1 aliphatic heterocycles. The lowest BCUT2D eigenvalue weighted by Gasteiger charge is -2.16. The maximum Gasteiger partial charge on any atom is 0.183 e. The average molecular weight is 133 g/mol. The normalized spacial score (nSPS) is 21.4. The van der Waals surface area contributed by atoms with E-state index in [1.165, 1.54) is 0 Å². The molecule has 0 aliphatic carbocycles. The molecule has 10 heavy (non-hydrogen) atoms. The molecule has 0 radical (unpaired) electrons. The summed E-state index contributed by atoms with van der Waals surface area (Å²) in [5.74, 6) is 0. The Morgan fingerprint density at radius 3 is 2.40 bits per heavy atom. The summed E-state index contributed by atoms with van der Waals surface area (Å²) in [6.07, 6.45) is 0.0983. The maximum absolute atomic E-state index is 3.85. The summed E-state index contributed by atoms with van der Waals surface area (Å²) in [5.41, 5.74) is 3.98. The molecule has 1 unspecified atom stereocenters. The molecule has 2 rings (SSSR count). The summed E-state index contributed by atoms with van der Waals surface area (Å²) in [7, 11) is 0. The van der Waals surface area contributed by atoms with Crippen LogP contribution in [0.1, 0.15) is 11.7 Å². The summed E-state index contributed by atoms with van der Waals surface area (Å²) in [5, 5.41) is 7.40. The van der Waals surface area contributed by atoms with Crippen molar-refractivity contribution in [2.24, 2.45) is 10.3 Å². The highest BCUT2D eigenvalue weighted by Gasteiger charge is 2.13. The van der Waals surface area contributed by atoms with Gasteiger partial charge in [0.15, 0.2) is 6.17 Å². The molecule has 1 heterocycles. The highest BCUT2D eigenvalue weighted by molar-refractivity contribution is 5.18. The third-order valence-electron chi connectivity index (χ3n) is 1.47. The van der Waals surface area contributed by atoms with E-state index in [4.69, 9.17) is 0 Å². The van der Waals surface area contributed by atoms with Crippen LogP contribution in [0.25, 0.3) is 0 Å². The van der Waals surface area contributed by atoms with Gasteiger partial charge in [-0.15, -0.1) is 5.11 Å². The van der Waals surface area contributed by atoms with Crippen molar-refractivity contribution < 1.29 is 0 Å². The van der Waals surface area contributed by atoms with Crippen LogP contribution in [0.2, 0.25) is 0 Å². The molecular weight excluding hydrogens is 126 g/mol. The Bertz CT molecular complexity index is 242. The Balaban J connectivity index is 2.26. The quantitative estimate of drug-likeness (QED) is 0.621. The summed E-state index contributed by atoms with van der Waals surface area (Å²) in [6, 6.07) is 10.0. The molecule has 0 saturated carbocycles. The monoisotopic (exact) mass is 133 g/mol. The Morgan fingerprint density at radius 2 is 1.90 bits per heavy atom. The largest absolute Gasteiger partial charge is 0.261 e. The van der Waals surface area contributed by atoms with Gasteiger partial charge in [-0.25, -0.2) is 0 Å². The fourth-order valence-electron chi connectivity index (χ4n) is 0.892. The molecule has 0 saturated heterocycles. The second-order valence-corrected chi connectivity index (χ2v) is 2.16. The summed E-state index contributed by atoms with van der Waals surface area (Å²) in [4.78, 5) is 0. The zero-order chi connectivity index (χ0) is 6.81. The smallest absolute Gasteiger partial charge is 0.183 e. The zero-order valence-electron chi connectivity index (χ0n) is 5.36. The van der Waals surface area contributed by atoms with Gasteiger partial charge >= 0.3 is 0 Å². The highest BCUT2D eigenvalue weighted by Crippen LogP contribution is 2.18. The molecule has 0 spiro atoms. The van der Waals surface area contributed by atoms with Crippen molar-refractivity contribution in [3.63, 3.8) is 0 Å². The van der Waals surface area contributed by atoms with Crippen LogP contribution >= 0.6 is 0 Å². The van der Waals surface area contributed by atoms with Crippen molar-refractivity contribution in [2.45, 2.75) is 6.17 Å². The molecule has 3 heteroatoms. The number of nitrogens with zero attached hydrogens (tertiary/aromatic N) is 2. The predicted octanol–water partition coefficient (Wildman–Crippen LogP) is 1.66. The van der Waals surface area contributed by atoms with Crippen LogP contribution in [0.5, 0.6) is 0 Å². The molecule has 3 nitrogen and oxygen atoms in total. The minimum absolute atomic E-state index is 0.0983. The van der Waals surface area contributed by atoms with Crippen LogP contribution < -0.4 is 5.43 Å². The lowest BCUT2D eigenvalue weighted by Crippen LogP contribution is -2.20. The van der Waals surface area contributed by atoms with E-state index in [1.807, 2.05) is 30.3 Å². The first-order chi connectivity index (χ1) is 4.97. The fourth-order valence-corrected chi connectivity index (χ4v) is 0.892. The van der Waals surface area contributed by atoms with Crippen LogP contribution in [0.15, 0.2) is 40.7 Å². The fraction of sp³-hybridized carbons (Fsp3) is 0.143. The van der Waals surface area contributed by atoms with E-state index in [0.717, 1.165) is 5.56 Å². The van der Waals surface area contributed by atoms with Crippen molar-refractivity contribution in [1.29, 1.82) is 0 Å². The van der Waals surface area contributed by atoms with E-state index in [0.29, 0.717) is 0 Å². The highest BCUT2D eigenvalue weighted by atomic mass is 15.6. The SMILES string of the molecule is c1ccc(C2N=NN2)cc1. The molecular formula is C7H7N3. The van der Waals surface area contributed by atoms with Crippen LogP contribution in [-0.4, -0.2) is 0 Å². The Hall–Kier alpha value is -1.38. The van der Waals surface area contributed by atoms with Gasteiger partial charge in [-0.1, -0.05) is 35.6 Å². The molecule has 0 fully saturated rings. The molecule has 0 bridgehead atoms. The summed E-state index contributed by atoms with van der Waals surface area (Å²) in [6.45, 7) is 0. The first-order valence-electron chi connectivity index (χ1n) is 3.17. The molecule has 1 aliphatic rings. The number of benzene rings is 1. The molecule has 1 aromatic carbocycles. The lowest BCUT2D eigenvalue weighted by molar-refractivity contribution is 0.419. The van der Waals surface area contributed by atoms with Crippen molar-refractivity contribution >= 4 is 0 Å². The number of rotatable bonds is 1. The summed E-state index contributed by atoms with van der Waals surface area (Å²) >= 11 is 0. The van der Waals surface area contributed by atoms with Gasteiger partial charge in [0.25, 0.3) is 0 Å². The third-order valence-corrected chi connectivity index (χ3v) is 1.47. The first kappa shape index (κ1) is 5.41. The minimum atomic E-state index is 0.0983. The van der Waals surface area contributed by atoms with E-state index in [-0.39, 0.29) is 6.17 Å². The number of hydrogen-bond donors (Lipinski definition) is 1. The predicted molar refractivity (Wildman–Crippen MR) is 37.2 cm³/mol. The van der Waals surface area contributed by atoms with Gasteiger partial charge in [-0.2, -0.15) is 0 Å². The Labute approximate surface area is 58.8 Å². The first-order valence-corrected chi connectivity index (χ1v) is 3.17. The molecule has 50 valence electrons. The maximum atomic E-state index is 3.85. The van der Waals surface area contributed by atoms with Gasteiger partial charge in [-0.3, -0.25) is 5.43 Å². The van der Waals surface area contributed by atoms with E-state index >= 15 is 0 Å². The lowest BCUT2D eigenvalue weighted by atomic mass is 10.2. The zero-order valence-corrected chi connectivity index (χ0v) is 5.36. The van der Waals surface area contributed by atoms with Crippen LogP contribution in [0.4, 0.5) is 0 Å². The number of nitrogens with one attached hydrogen (secondary N) is 1. The van der Waals surface area contributed by atoms with Crippen molar-refractivity contribution in [3.8, 4) is 0 Å². The standard InChI is InChI=1S/C7H7N3/c1-2-4-6(5-3-1)7-8-10-9-7/h1-5,7H,(H,8,9). The molecule has 1 atom stereocenters. The molecule has 0 aromatic heterocycles. The third kappa shape index (κ3) is 0.757. The van der Waals surface area contributed by atoms with Crippen LogP contribution in [0, 0.1) is 0 Å². The second kappa shape index (κ2) is 2.10. The van der Waals surface area contributed by atoms with Gasteiger partial charge in [-0.05, 0) is 5.56 Å². The van der Waals surface area contributed by atoms with Gasteiger partial charge in [0.2, 0.25) is 0 Å². The van der Waals surface area contributed by atoms with E-state index < -0.39 is 0 Å². The van der Waals surface area contributed by atoms with Crippen molar-refractivity contribution in [3.05, 3.63) is 35.9 Å².